The Morgan fingerprint density at radius 1 is 1.18 bits per heavy atom. The van der Waals surface area contributed by atoms with Gasteiger partial charge in [0.05, 0.1) is 17.6 Å². The van der Waals surface area contributed by atoms with Crippen molar-refractivity contribution in [3.8, 4) is 11.3 Å². The molecule has 0 radical (unpaired) electrons. The van der Waals surface area contributed by atoms with Gasteiger partial charge >= 0.3 is 6.18 Å². The van der Waals surface area contributed by atoms with Crippen molar-refractivity contribution in [2.24, 2.45) is 7.05 Å². The SMILES string of the molecule is Cc1nn(C)cc1CN(C)C(=O)c1cnn2c(C(F)(F)F)cc(-c3ccc(C(C)C)cc3)nc12. The third-order valence-corrected chi connectivity index (χ3v) is 5.74. The van der Waals surface area contributed by atoms with Crippen LogP contribution in [0.25, 0.3) is 16.9 Å². The third-order valence-electron chi connectivity index (χ3n) is 5.74. The Kier molecular flexibility index (Phi) is 5.93. The monoisotopic (exact) mass is 470 g/mol. The van der Waals surface area contributed by atoms with Gasteiger partial charge in [0.25, 0.3) is 5.91 Å². The van der Waals surface area contributed by atoms with Gasteiger partial charge in [0.2, 0.25) is 0 Å². The van der Waals surface area contributed by atoms with Gasteiger partial charge in [-0.25, -0.2) is 9.50 Å². The van der Waals surface area contributed by atoms with E-state index in [1.54, 1.807) is 37.1 Å². The molecule has 1 aromatic carbocycles. The van der Waals surface area contributed by atoms with E-state index in [9.17, 15) is 18.0 Å². The molecular formula is C24H25F3N6O. The van der Waals surface area contributed by atoms with E-state index >= 15 is 0 Å². The van der Waals surface area contributed by atoms with Crippen LogP contribution in [0.2, 0.25) is 0 Å². The number of fused-ring (bicyclic) bond motifs is 1. The summed E-state index contributed by atoms with van der Waals surface area (Å²) >= 11 is 0. The average molecular weight is 470 g/mol. The van der Waals surface area contributed by atoms with Crippen molar-refractivity contribution in [2.75, 3.05) is 7.05 Å². The fraction of sp³-hybridized carbons (Fsp3) is 0.333. The average Bonchev–Trinajstić information content (AvgIpc) is 3.33. The molecule has 0 bridgehead atoms. The van der Waals surface area contributed by atoms with Gasteiger partial charge in [0.15, 0.2) is 11.3 Å². The number of hydrogen-bond acceptors (Lipinski definition) is 4. The van der Waals surface area contributed by atoms with E-state index in [2.05, 4.69) is 15.2 Å². The van der Waals surface area contributed by atoms with Crippen molar-refractivity contribution in [2.45, 2.75) is 39.4 Å². The Morgan fingerprint density at radius 2 is 1.85 bits per heavy atom. The van der Waals surface area contributed by atoms with Gasteiger partial charge in [0, 0.05) is 38.0 Å². The molecule has 0 aliphatic carbocycles. The number of carbonyl (C=O) groups excluding carboxylic acids is 1. The van der Waals surface area contributed by atoms with Crippen LogP contribution in [0.1, 0.15) is 52.6 Å². The minimum atomic E-state index is -4.68. The Morgan fingerprint density at radius 3 is 2.41 bits per heavy atom. The van der Waals surface area contributed by atoms with Crippen molar-refractivity contribution in [3.05, 3.63) is 70.8 Å². The summed E-state index contributed by atoms with van der Waals surface area (Å²) in [5.74, 6) is -0.195. The van der Waals surface area contributed by atoms with Crippen LogP contribution >= 0.6 is 0 Å². The van der Waals surface area contributed by atoms with E-state index < -0.39 is 17.8 Å². The molecule has 34 heavy (non-hydrogen) atoms. The van der Waals surface area contributed by atoms with E-state index in [-0.39, 0.29) is 29.4 Å². The molecule has 1 amide bonds. The standard InChI is InChI=1S/C24H25F3N6O/c1-14(2)16-6-8-17(9-7-16)20-10-21(24(25,26)27)33-22(29-20)19(11-28-33)23(34)31(4)12-18-13-32(5)30-15(18)3/h6-11,13-14H,12H2,1-5H3. The number of alkyl halides is 3. The minimum Gasteiger partial charge on any atom is -0.337 e. The molecule has 3 heterocycles. The van der Waals surface area contributed by atoms with Crippen molar-refractivity contribution < 1.29 is 18.0 Å². The number of rotatable bonds is 5. The number of halogens is 3. The van der Waals surface area contributed by atoms with Gasteiger partial charge in [0.1, 0.15) is 5.56 Å². The fourth-order valence-corrected chi connectivity index (χ4v) is 3.84. The molecule has 0 saturated heterocycles. The van der Waals surface area contributed by atoms with Crippen LogP contribution in [-0.4, -0.2) is 42.2 Å². The van der Waals surface area contributed by atoms with Crippen LogP contribution in [0.3, 0.4) is 0 Å². The molecule has 0 saturated carbocycles. The van der Waals surface area contributed by atoms with Crippen molar-refractivity contribution in [1.82, 2.24) is 29.3 Å². The highest BCUT2D eigenvalue weighted by Gasteiger charge is 2.36. The summed E-state index contributed by atoms with van der Waals surface area (Å²) in [7, 11) is 3.36. The predicted octanol–water partition coefficient (Wildman–Crippen LogP) is 4.85. The van der Waals surface area contributed by atoms with Crippen LogP contribution in [0.4, 0.5) is 13.2 Å². The van der Waals surface area contributed by atoms with Gasteiger partial charge in [-0.1, -0.05) is 38.1 Å². The molecule has 4 aromatic rings. The molecule has 0 aliphatic rings. The van der Waals surface area contributed by atoms with Crippen LogP contribution in [-0.2, 0) is 19.8 Å². The molecular weight excluding hydrogens is 445 g/mol. The molecule has 178 valence electrons. The summed E-state index contributed by atoms with van der Waals surface area (Å²) < 4.78 is 44.0. The summed E-state index contributed by atoms with van der Waals surface area (Å²) in [5, 5.41) is 8.12. The summed E-state index contributed by atoms with van der Waals surface area (Å²) in [6, 6.07) is 8.17. The first-order valence-corrected chi connectivity index (χ1v) is 10.8. The molecule has 0 unspecified atom stereocenters. The topological polar surface area (TPSA) is 68.3 Å². The van der Waals surface area contributed by atoms with Crippen LogP contribution in [0, 0.1) is 6.92 Å². The number of benzene rings is 1. The molecule has 0 spiro atoms. The highest BCUT2D eigenvalue weighted by Crippen LogP contribution is 2.33. The van der Waals surface area contributed by atoms with E-state index in [0.29, 0.717) is 10.1 Å². The zero-order valence-corrected chi connectivity index (χ0v) is 19.6. The smallest absolute Gasteiger partial charge is 0.337 e. The van der Waals surface area contributed by atoms with E-state index in [1.807, 2.05) is 32.9 Å². The second-order valence-electron chi connectivity index (χ2n) is 8.67. The molecule has 10 heteroatoms. The summed E-state index contributed by atoms with van der Waals surface area (Å²) in [5.41, 5.74) is 2.18. The highest BCUT2D eigenvalue weighted by atomic mass is 19.4. The van der Waals surface area contributed by atoms with Crippen molar-refractivity contribution >= 4 is 11.6 Å². The number of nitrogens with zero attached hydrogens (tertiary/aromatic N) is 6. The predicted molar refractivity (Wildman–Crippen MR) is 121 cm³/mol. The molecule has 0 aliphatic heterocycles. The summed E-state index contributed by atoms with van der Waals surface area (Å²) in [6.07, 6.45) is -1.74. The number of hydrogen-bond donors (Lipinski definition) is 0. The first-order chi connectivity index (χ1) is 16.0. The maximum atomic E-state index is 13.9. The number of amides is 1. The normalized spacial score (nSPS) is 12.0. The van der Waals surface area contributed by atoms with Gasteiger partial charge in [-0.2, -0.15) is 23.4 Å². The lowest BCUT2D eigenvalue weighted by atomic mass is 10.0. The molecule has 0 fully saturated rings. The van der Waals surface area contributed by atoms with Gasteiger partial charge in [-0.3, -0.25) is 9.48 Å². The Hall–Kier alpha value is -3.69. The number of aryl methyl sites for hydroxylation is 2. The zero-order valence-electron chi connectivity index (χ0n) is 19.6. The highest BCUT2D eigenvalue weighted by molar-refractivity contribution is 5.99. The Balaban J connectivity index is 1.78. The van der Waals surface area contributed by atoms with Gasteiger partial charge < -0.3 is 4.90 Å². The molecule has 0 atom stereocenters. The van der Waals surface area contributed by atoms with Crippen LogP contribution in [0.5, 0.6) is 0 Å². The molecule has 3 aromatic heterocycles. The van der Waals surface area contributed by atoms with Crippen LogP contribution in [0.15, 0.2) is 42.7 Å². The quantitative estimate of drug-likeness (QED) is 0.418. The van der Waals surface area contributed by atoms with Crippen molar-refractivity contribution in [3.63, 3.8) is 0 Å². The third kappa shape index (κ3) is 4.40. The first kappa shape index (κ1) is 23.5. The lowest BCUT2D eigenvalue weighted by Crippen LogP contribution is -2.26. The van der Waals surface area contributed by atoms with E-state index in [4.69, 9.17) is 0 Å². The van der Waals surface area contributed by atoms with E-state index in [1.165, 1.54) is 4.90 Å². The zero-order chi connectivity index (χ0) is 24.8. The number of aromatic nitrogens is 5. The number of carbonyl (C=O) groups is 1. The summed E-state index contributed by atoms with van der Waals surface area (Å²) in [4.78, 5) is 19.0. The minimum absolute atomic E-state index is 0.00445. The maximum absolute atomic E-state index is 13.9. The van der Waals surface area contributed by atoms with E-state index in [0.717, 1.165) is 29.1 Å². The Labute approximate surface area is 194 Å². The van der Waals surface area contributed by atoms with Gasteiger partial charge in [-0.15, -0.1) is 0 Å². The lowest BCUT2D eigenvalue weighted by Gasteiger charge is -2.16. The molecule has 4 rings (SSSR count). The largest absolute Gasteiger partial charge is 0.433 e. The summed E-state index contributed by atoms with van der Waals surface area (Å²) in [6.45, 7) is 6.15. The first-order valence-electron chi connectivity index (χ1n) is 10.8. The van der Waals surface area contributed by atoms with Crippen LogP contribution < -0.4 is 0 Å². The van der Waals surface area contributed by atoms with Crippen molar-refractivity contribution in [1.29, 1.82) is 0 Å². The fourth-order valence-electron chi connectivity index (χ4n) is 3.84. The molecule has 0 N–H and O–H groups in total. The molecule has 7 nitrogen and oxygen atoms in total. The Bertz CT molecular complexity index is 1350. The second-order valence-corrected chi connectivity index (χ2v) is 8.67. The lowest BCUT2D eigenvalue weighted by molar-refractivity contribution is -0.142. The second kappa shape index (κ2) is 8.58. The maximum Gasteiger partial charge on any atom is 0.433 e. The van der Waals surface area contributed by atoms with Gasteiger partial charge in [-0.05, 0) is 24.5 Å².